The van der Waals surface area contributed by atoms with Crippen LogP contribution in [0.3, 0.4) is 0 Å². The number of thioether (sulfide) groups is 1. The van der Waals surface area contributed by atoms with E-state index >= 15 is 0 Å². The lowest BCUT2D eigenvalue weighted by atomic mass is 9.86. The third kappa shape index (κ3) is 5.22. The second kappa shape index (κ2) is 9.20. The first-order valence-electron chi connectivity index (χ1n) is 10.5. The normalized spacial score (nSPS) is 16.3. The zero-order valence-electron chi connectivity index (χ0n) is 18.1. The molecule has 162 valence electrons. The Balaban J connectivity index is 1.93. The standard InChI is InChI=1S/C22H31N5O2S/c1-14(19(28)24-20(23)29)30-21-26-25-18(27(21)17-8-6-5-7-9-17)15-10-12-16(13-11-15)22(2,3)4/h10-14,17H,5-9H2,1-4H3,(H3,23,24,28,29). The van der Waals surface area contributed by atoms with Crippen molar-refractivity contribution in [1.82, 2.24) is 20.1 Å². The Morgan fingerprint density at radius 2 is 1.77 bits per heavy atom. The first-order valence-corrected chi connectivity index (χ1v) is 11.4. The number of carbonyl (C=O) groups is 2. The van der Waals surface area contributed by atoms with Gasteiger partial charge in [0.2, 0.25) is 5.91 Å². The summed E-state index contributed by atoms with van der Waals surface area (Å²) in [4.78, 5) is 23.2. The highest BCUT2D eigenvalue weighted by Gasteiger charge is 2.27. The minimum Gasteiger partial charge on any atom is -0.351 e. The molecule has 1 aromatic carbocycles. The zero-order valence-corrected chi connectivity index (χ0v) is 19.0. The molecule has 0 radical (unpaired) electrons. The first kappa shape index (κ1) is 22.3. The van der Waals surface area contributed by atoms with Gasteiger partial charge in [-0.1, -0.05) is 76.1 Å². The molecule has 0 saturated heterocycles. The number of nitrogens with two attached hydrogens (primary N) is 1. The summed E-state index contributed by atoms with van der Waals surface area (Å²) in [5, 5.41) is 11.2. The SMILES string of the molecule is CC(Sc1nnc(-c2ccc(C(C)(C)C)cc2)n1C1CCCCC1)C(=O)NC(N)=O. The van der Waals surface area contributed by atoms with Crippen molar-refractivity contribution in [3.8, 4) is 11.4 Å². The van der Waals surface area contributed by atoms with Gasteiger partial charge in [0.15, 0.2) is 11.0 Å². The van der Waals surface area contributed by atoms with Crippen molar-refractivity contribution in [1.29, 1.82) is 0 Å². The number of nitrogens with one attached hydrogen (secondary N) is 1. The van der Waals surface area contributed by atoms with Crippen LogP contribution in [-0.4, -0.2) is 32.0 Å². The van der Waals surface area contributed by atoms with Gasteiger partial charge < -0.3 is 5.73 Å². The van der Waals surface area contributed by atoms with Gasteiger partial charge in [-0.05, 0) is 30.7 Å². The summed E-state index contributed by atoms with van der Waals surface area (Å²) in [6.07, 6.45) is 5.73. The number of urea groups is 1. The minimum absolute atomic E-state index is 0.0831. The van der Waals surface area contributed by atoms with Gasteiger partial charge in [0.1, 0.15) is 0 Å². The highest BCUT2D eigenvalue weighted by atomic mass is 32.2. The third-order valence-corrected chi connectivity index (χ3v) is 6.57. The van der Waals surface area contributed by atoms with Crippen LogP contribution >= 0.6 is 11.8 Å². The van der Waals surface area contributed by atoms with Gasteiger partial charge in [-0.2, -0.15) is 0 Å². The van der Waals surface area contributed by atoms with Crippen LogP contribution in [0.5, 0.6) is 0 Å². The van der Waals surface area contributed by atoms with Crippen molar-refractivity contribution < 1.29 is 9.59 Å². The molecule has 3 amide bonds. The van der Waals surface area contributed by atoms with E-state index in [1.54, 1.807) is 6.92 Å². The summed E-state index contributed by atoms with van der Waals surface area (Å²) in [7, 11) is 0. The van der Waals surface area contributed by atoms with E-state index in [1.807, 2.05) is 0 Å². The molecule has 1 unspecified atom stereocenters. The van der Waals surface area contributed by atoms with Crippen LogP contribution in [0.4, 0.5) is 4.79 Å². The maximum atomic E-state index is 12.2. The average molecular weight is 430 g/mol. The molecule has 0 aliphatic heterocycles. The number of imide groups is 1. The number of carbonyl (C=O) groups excluding carboxylic acids is 2. The Hall–Kier alpha value is -2.35. The van der Waals surface area contributed by atoms with E-state index in [0.717, 1.165) is 24.2 Å². The molecule has 1 aliphatic carbocycles. The fraction of sp³-hybridized carbons (Fsp3) is 0.545. The molecular formula is C22H31N5O2S. The molecule has 1 fully saturated rings. The molecule has 1 aliphatic rings. The Labute approximate surface area is 182 Å². The van der Waals surface area contributed by atoms with Crippen molar-refractivity contribution in [2.45, 2.75) is 81.7 Å². The van der Waals surface area contributed by atoms with Crippen LogP contribution in [0.25, 0.3) is 11.4 Å². The van der Waals surface area contributed by atoms with Gasteiger partial charge in [-0.25, -0.2) is 4.79 Å². The van der Waals surface area contributed by atoms with Gasteiger partial charge in [0, 0.05) is 11.6 Å². The van der Waals surface area contributed by atoms with Crippen molar-refractivity contribution in [2.24, 2.45) is 5.73 Å². The first-order chi connectivity index (χ1) is 14.2. The summed E-state index contributed by atoms with van der Waals surface area (Å²) < 4.78 is 2.18. The van der Waals surface area contributed by atoms with Gasteiger partial charge in [-0.3, -0.25) is 14.7 Å². The molecule has 1 heterocycles. The Bertz CT molecular complexity index is 895. The summed E-state index contributed by atoms with van der Waals surface area (Å²) in [5.74, 6) is 0.397. The largest absolute Gasteiger partial charge is 0.351 e. The smallest absolute Gasteiger partial charge is 0.318 e. The van der Waals surface area contributed by atoms with E-state index in [2.05, 4.69) is 65.1 Å². The van der Waals surface area contributed by atoms with Gasteiger partial charge in [0.25, 0.3) is 0 Å². The molecule has 7 nitrogen and oxygen atoms in total. The average Bonchev–Trinajstić information content (AvgIpc) is 3.11. The predicted molar refractivity (Wildman–Crippen MR) is 119 cm³/mol. The van der Waals surface area contributed by atoms with Crippen molar-refractivity contribution in [3.63, 3.8) is 0 Å². The second-order valence-electron chi connectivity index (χ2n) is 8.91. The summed E-state index contributed by atoms with van der Waals surface area (Å²) in [6.45, 7) is 8.32. The van der Waals surface area contributed by atoms with E-state index in [0.29, 0.717) is 11.2 Å². The number of hydrogen-bond donors (Lipinski definition) is 2. The Morgan fingerprint density at radius 1 is 1.13 bits per heavy atom. The quantitative estimate of drug-likeness (QED) is 0.685. The Kier molecular flexibility index (Phi) is 6.85. The number of aromatic nitrogens is 3. The van der Waals surface area contributed by atoms with Gasteiger partial charge >= 0.3 is 6.03 Å². The molecule has 0 bridgehead atoms. The van der Waals surface area contributed by atoms with E-state index in [1.165, 1.54) is 36.6 Å². The number of rotatable bonds is 5. The fourth-order valence-electron chi connectivity index (χ4n) is 3.78. The molecule has 0 spiro atoms. The topological polar surface area (TPSA) is 103 Å². The summed E-state index contributed by atoms with van der Waals surface area (Å²) in [6, 6.07) is 7.94. The fourth-order valence-corrected chi connectivity index (χ4v) is 4.70. The number of hydrogen-bond acceptors (Lipinski definition) is 5. The molecule has 8 heteroatoms. The maximum Gasteiger partial charge on any atom is 0.318 e. The van der Waals surface area contributed by atoms with Crippen LogP contribution < -0.4 is 11.1 Å². The molecule has 1 atom stereocenters. The van der Waals surface area contributed by atoms with Crippen LogP contribution in [-0.2, 0) is 10.2 Å². The molecule has 3 rings (SSSR count). The van der Waals surface area contributed by atoms with Gasteiger partial charge in [0.05, 0.1) is 5.25 Å². The van der Waals surface area contributed by atoms with Gasteiger partial charge in [-0.15, -0.1) is 10.2 Å². The van der Waals surface area contributed by atoms with E-state index in [-0.39, 0.29) is 5.41 Å². The third-order valence-electron chi connectivity index (χ3n) is 5.51. The van der Waals surface area contributed by atoms with Crippen molar-refractivity contribution in [3.05, 3.63) is 29.8 Å². The number of nitrogens with zero attached hydrogens (tertiary/aromatic N) is 3. The highest BCUT2D eigenvalue weighted by Crippen LogP contribution is 2.37. The predicted octanol–water partition coefficient (Wildman–Crippen LogP) is 4.42. The monoisotopic (exact) mass is 429 g/mol. The lowest BCUT2D eigenvalue weighted by molar-refractivity contribution is -0.119. The van der Waals surface area contributed by atoms with Crippen LogP contribution in [0.2, 0.25) is 0 Å². The summed E-state index contributed by atoms with van der Waals surface area (Å²) >= 11 is 1.31. The Morgan fingerprint density at radius 3 is 2.33 bits per heavy atom. The lowest BCUT2D eigenvalue weighted by Crippen LogP contribution is -2.39. The maximum absolute atomic E-state index is 12.2. The minimum atomic E-state index is -0.846. The van der Waals surface area contributed by atoms with Crippen molar-refractivity contribution in [2.75, 3.05) is 0 Å². The van der Waals surface area contributed by atoms with Crippen LogP contribution in [0.1, 0.15) is 71.4 Å². The van der Waals surface area contributed by atoms with E-state index in [4.69, 9.17) is 5.73 Å². The highest BCUT2D eigenvalue weighted by molar-refractivity contribution is 8.00. The van der Waals surface area contributed by atoms with Crippen LogP contribution in [0, 0.1) is 0 Å². The van der Waals surface area contributed by atoms with E-state index in [9.17, 15) is 9.59 Å². The number of primary amides is 1. The molecule has 1 saturated carbocycles. The summed E-state index contributed by atoms with van der Waals surface area (Å²) in [5.41, 5.74) is 7.44. The number of benzene rings is 1. The molecule has 2 aromatic rings. The zero-order chi connectivity index (χ0) is 21.9. The molecular weight excluding hydrogens is 398 g/mol. The second-order valence-corrected chi connectivity index (χ2v) is 10.2. The van der Waals surface area contributed by atoms with E-state index < -0.39 is 17.2 Å². The van der Waals surface area contributed by atoms with Crippen molar-refractivity contribution >= 4 is 23.7 Å². The molecule has 30 heavy (non-hydrogen) atoms. The number of amides is 3. The molecule has 3 N–H and O–H groups in total. The van der Waals surface area contributed by atoms with Crippen LogP contribution in [0.15, 0.2) is 29.4 Å². The lowest BCUT2D eigenvalue weighted by Gasteiger charge is -2.26. The molecule has 1 aromatic heterocycles.